The molecular weight excluding hydrogens is 95.0 g/mol. The Kier molecular flexibility index (Phi) is 8.24. The van der Waals surface area contributed by atoms with E-state index in [1.54, 1.807) is 5.43 Å². The van der Waals surface area contributed by atoms with Gasteiger partial charge in [0.2, 0.25) is 0 Å². The zero-order chi connectivity index (χ0) is 4.28. The van der Waals surface area contributed by atoms with Crippen molar-refractivity contribution in [1.29, 1.82) is 0 Å². The largest absolute Gasteiger partial charge is 1.00 e. The van der Waals surface area contributed by atoms with Crippen molar-refractivity contribution in [2.45, 2.75) is 0 Å². The maximum atomic E-state index is 9.06. The molecule has 4 nitrogen and oxygen atoms in total. The van der Waals surface area contributed by atoms with Crippen LogP contribution in [0.2, 0.25) is 0 Å². The predicted molar refractivity (Wildman–Crippen MR) is 17.2 cm³/mol. The first-order chi connectivity index (χ1) is 2.27. The van der Waals surface area contributed by atoms with Gasteiger partial charge in [0.25, 0.3) is 0 Å². The molecule has 32 valence electrons. The zero-order valence-electron chi connectivity index (χ0n) is 4.76. The molecule has 0 rings (SSSR count). The van der Waals surface area contributed by atoms with Crippen LogP contribution >= 0.6 is 0 Å². The Morgan fingerprint density at radius 2 is 2.17 bits per heavy atom. The molecule has 0 amide bonds. The number of rotatable bonds is 1. The third-order valence-electron chi connectivity index (χ3n) is 0.183. The minimum absolute atomic E-state index is 0. The molecule has 0 aromatic carbocycles. The van der Waals surface area contributed by atoms with Crippen molar-refractivity contribution in [2.24, 2.45) is 0 Å². The molecule has 0 aromatic heterocycles. The van der Waals surface area contributed by atoms with Crippen LogP contribution in [0.4, 0.5) is 0 Å². The van der Waals surface area contributed by atoms with Crippen molar-refractivity contribution < 1.29 is 36.0 Å². The summed E-state index contributed by atoms with van der Waals surface area (Å²) in [5, 5.41) is 8.44. The van der Waals surface area contributed by atoms with Crippen LogP contribution in [0.15, 0.2) is 0 Å². The summed E-state index contributed by atoms with van der Waals surface area (Å²) >= 11 is 0. The quantitative estimate of drug-likeness (QED) is 0.211. The van der Waals surface area contributed by atoms with Crippen LogP contribution < -0.4 is 35.0 Å². The molecule has 0 aliphatic rings. The van der Waals surface area contributed by atoms with E-state index in [0.29, 0.717) is 0 Å². The van der Waals surface area contributed by atoms with Gasteiger partial charge in [-0.2, -0.15) is 0 Å². The summed E-state index contributed by atoms with van der Waals surface area (Å²) in [6, 6.07) is 0. The fourth-order valence-corrected chi connectivity index (χ4v) is 0. The number of nitrogens with zero attached hydrogens (tertiary/aromatic N) is 1. The van der Waals surface area contributed by atoms with E-state index in [1.165, 1.54) is 7.05 Å². The van der Waals surface area contributed by atoms with Gasteiger partial charge < -0.3 is 1.43 Å². The van der Waals surface area contributed by atoms with Gasteiger partial charge in [0.15, 0.2) is 5.03 Å². The fraction of sp³-hybridized carbons (Fsp3) is 1.00. The van der Waals surface area contributed by atoms with Gasteiger partial charge >= 0.3 is 29.6 Å². The maximum Gasteiger partial charge on any atom is 1.00 e. The Morgan fingerprint density at radius 3 is 2.17 bits per heavy atom. The molecule has 1 N–H and O–H groups in total. The van der Waals surface area contributed by atoms with Crippen molar-refractivity contribution in [3.8, 4) is 0 Å². The van der Waals surface area contributed by atoms with E-state index >= 15 is 0 Å². The number of hydrazine groups is 1. The number of hydrogen-bond donors (Lipinski definition) is 1. The van der Waals surface area contributed by atoms with Crippen molar-refractivity contribution in [3.05, 3.63) is 10.1 Å². The van der Waals surface area contributed by atoms with Gasteiger partial charge in [0, 0.05) is 0 Å². The molecule has 0 saturated carbocycles. The molecular formula is CH5N2NaO2. The molecule has 0 unspecified atom stereocenters. The van der Waals surface area contributed by atoms with Crippen molar-refractivity contribution >= 4 is 0 Å². The smallest absolute Gasteiger partial charge is 1.00 e. The zero-order valence-corrected chi connectivity index (χ0v) is 5.76. The SMILES string of the molecule is CN[N+](=O)[O-].[H-].[Na+]. The first-order valence-electron chi connectivity index (χ1n) is 1.09. The second-order valence-electron chi connectivity index (χ2n) is 0.481. The van der Waals surface area contributed by atoms with Gasteiger partial charge in [-0.15, -0.1) is 5.43 Å². The van der Waals surface area contributed by atoms with E-state index in [9.17, 15) is 0 Å². The molecule has 5 heteroatoms. The molecule has 0 aliphatic carbocycles. The molecule has 0 heterocycles. The molecule has 0 atom stereocenters. The van der Waals surface area contributed by atoms with Crippen LogP contribution in [0.25, 0.3) is 0 Å². The van der Waals surface area contributed by atoms with E-state index < -0.39 is 5.03 Å². The van der Waals surface area contributed by atoms with Crippen LogP contribution in [0.1, 0.15) is 1.43 Å². The Balaban J connectivity index is -0.0000000800. The Bertz CT molecular complexity index is 51.0. The third kappa shape index (κ3) is 8.89. The molecule has 0 fully saturated rings. The number of hydrogen-bond acceptors (Lipinski definition) is 2. The minimum atomic E-state index is -0.625. The van der Waals surface area contributed by atoms with E-state index in [1.807, 2.05) is 0 Å². The van der Waals surface area contributed by atoms with Crippen molar-refractivity contribution in [2.75, 3.05) is 7.05 Å². The first kappa shape index (κ1) is 9.50. The summed E-state index contributed by atoms with van der Waals surface area (Å²) in [5.41, 5.74) is 1.75. The van der Waals surface area contributed by atoms with Crippen molar-refractivity contribution in [3.63, 3.8) is 0 Å². The average Bonchev–Trinajstić information content (AvgIpc) is 1.38. The van der Waals surface area contributed by atoms with Crippen LogP contribution in [0.5, 0.6) is 0 Å². The van der Waals surface area contributed by atoms with E-state index in [-0.39, 0.29) is 31.0 Å². The monoisotopic (exact) mass is 100 g/mol. The second kappa shape index (κ2) is 5.20. The maximum absolute atomic E-state index is 9.06. The predicted octanol–water partition coefficient (Wildman–Crippen LogP) is -3.49. The van der Waals surface area contributed by atoms with Crippen LogP contribution in [0, 0.1) is 10.1 Å². The van der Waals surface area contributed by atoms with Gasteiger partial charge in [-0.3, -0.25) is 0 Å². The molecule has 6 heavy (non-hydrogen) atoms. The molecule has 0 saturated heterocycles. The van der Waals surface area contributed by atoms with Crippen LogP contribution in [0.3, 0.4) is 0 Å². The van der Waals surface area contributed by atoms with Gasteiger partial charge in [0.05, 0.1) is 7.05 Å². The second-order valence-corrected chi connectivity index (χ2v) is 0.481. The van der Waals surface area contributed by atoms with Gasteiger partial charge in [-0.1, -0.05) is 0 Å². The summed E-state index contributed by atoms with van der Waals surface area (Å²) in [4.78, 5) is 9.06. The average molecular weight is 100 g/mol. The standard InChI is InChI=1S/CH4N2O2.Na.H/c1-2-3(4)5;;/h2H,1H3;;/q;+1;-1. The molecule has 0 radical (unpaired) electrons. The van der Waals surface area contributed by atoms with E-state index in [0.717, 1.165) is 0 Å². The molecule has 0 aromatic rings. The van der Waals surface area contributed by atoms with E-state index in [4.69, 9.17) is 10.1 Å². The van der Waals surface area contributed by atoms with Crippen LogP contribution in [-0.4, -0.2) is 12.1 Å². The van der Waals surface area contributed by atoms with Gasteiger partial charge in [0.1, 0.15) is 0 Å². The van der Waals surface area contributed by atoms with Crippen molar-refractivity contribution in [1.82, 2.24) is 5.43 Å². The first-order valence-corrected chi connectivity index (χ1v) is 1.09. The van der Waals surface area contributed by atoms with Gasteiger partial charge in [-0.25, -0.2) is 10.1 Å². The normalized spacial score (nSPS) is 5.50. The number of nitrogens with one attached hydrogen (secondary N) is 1. The summed E-state index contributed by atoms with van der Waals surface area (Å²) in [5.74, 6) is 0. The summed E-state index contributed by atoms with van der Waals surface area (Å²) < 4.78 is 0. The Hall–Kier alpha value is 0.200. The molecule has 0 spiro atoms. The Labute approximate surface area is 58.8 Å². The molecule has 0 bridgehead atoms. The van der Waals surface area contributed by atoms with Crippen LogP contribution in [-0.2, 0) is 0 Å². The Morgan fingerprint density at radius 1 is 2.00 bits per heavy atom. The molecule has 0 aliphatic heterocycles. The summed E-state index contributed by atoms with van der Waals surface area (Å²) in [7, 11) is 1.25. The minimum Gasteiger partial charge on any atom is -1.00 e. The fourth-order valence-electron chi connectivity index (χ4n) is 0. The topological polar surface area (TPSA) is 55.2 Å². The third-order valence-corrected chi connectivity index (χ3v) is 0.183. The van der Waals surface area contributed by atoms with Gasteiger partial charge in [-0.05, 0) is 0 Å². The summed E-state index contributed by atoms with van der Waals surface area (Å²) in [6.45, 7) is 0. The number of nitro groups is 1. The van der Waals surface area contributed by atoms with E-state index in [2.05, 4.69) is 0 Å². The summed E-state index contributed by atoms with van der Waals surface area (Å²) in [6.07, 6.45) is 0.